The molecule has 1 aromatic carbocycles. The van der Waals surface area contributed by atoms with Crippen LogP contribution in [0.25, 0.3) is 5.82 Å². The Morgan fingerprint density at radius 3 is 2.73 bits per heavy atom. The summed E-state index contributed by atoms with van der Waals surface area (Å²) in [6.45, 7) is 1.00. The molecule has 1 amide bonds. The number of rotatable bonds is 3. The van der Waals surface area contributed by atoms with E-state index in [1.165, 1.54) is 4.68 Å². The van der Waals surface area contributed by atoms with E-state index in [0.29, 0.717) is 30.9 Å². The van der Waals surface area contributed by atoms with E-state index < -0.39 is 0 Å². The van der Waals surface area contributed by atoms with E-state index >= 15 is 0 Å². The molecule has 26 heavy (non-hydrogen) atoms. The van der Waals surface area contributed by atoms with E-state index in [2.05, 4.69) is 10.1 Å². The predicted octanol–water partition coefficient (Wildman–Crippen LogP) is 2.26. The Kier molecular flexibility index (Phi) is 4.27. The maximum atomic E-state index is 12.6. The molecule has 7 nitrogen and oxygen atoms in total. The summed E-state index contributed by atoms with van der Waals surface area (Å²) in [5.41, 5.74) is 2.25. The maximum absolute atomic E-state index is 12.6. The molecule has 0 unspecified atom stereocenters. The van der Waals surface area contributed by atoms with Crippen molar-refractivity contribution in [2.24, 2.45) is 0 Å². The highest BCUT2D eigenvalue weighted by Crippen LogP contribution is 2.16. The number of benzene rings is 1. The number of pyridine rings is 1. The Balaban J connectivity index is 1.48. The van der Waals surface area contributed by atoms with Crippen LogP contribution in [0.2, 0.25) is 0 Å². The lowest BCUT2D eigenvalue weighted by atomic mass is 10.1. The van der Waals surface area contributed by atoms with Crippen molar-refractivity contribution >= 4 is 6.09 Å². The van der Waals surface area contributed by atoms with Crippen molar-refractivity contribution < 1.29 is 9.53 Å². The number of carbonyl (C=O) groups is 1. The van der Waals surface area contributed by atoms with Crippen LogP contribution >= 0.6 is 0 Å². The Hall–Kier alpha value is -3.35. The number of H-pyrrole nitrogens is 1. The zero-order valence-corrected chi connectivity index (χ0v) is 14.1. The zero-order valence-electron chi connectivity index (χ0n) is 14.1. The van der Waals surface area contributed by atoms with Crippen molar-refractivity contribution in [2.75, 3.05) is 6.54 Å². The summed E-state index contributed by atoms with van der Waals surface area (Å²) in [5, 5.41) is 3.07. The van der Waals surface area contributed by atoms with Gasteiger partial charge in [-0.25, -0.2) is 14.5 Å². The van der Waals surface area contributed by atoms with Crippen molar-refractivity contribution in [2.45, 2.75) is 19.6 Å². The lowest BCUT2D eigenvalue weighted by Gasteiger charge is -2.25. The van der Waals surface area contributed by atoms with Crippen molar-refractivity contribution in [1.29, 1.82) is 0 Å². The number of nitrogens with zero attached hydrogens (tertiary/aromatic N) is 3. The Morgan fingerprint density at radius 2 is 1.96 bits per heavy atom. The topological polar surface area (TPSA) is 80.2 Å². The summed E-state index contributed by atoms with van der Waals surface area (Å²) in [7, 11) is 0. The first-order valence-electron chi connectivity index (χ1n) is 8.42. The second-order valence-electron chi connectivity index (χ2n) is 6.11. The maximum Gasteiger partial charge on any atom is 0.410 e. The van der Waals surface area contributed by atoms with Gasteiger partial charge in [0.1, 0.15) is 6.61 Å². The molecule has 1 N–H and O–H groups in total. The Labute approximate surface area is 149 Å². The highest BCUT2D eigenvalue weighted by Gasteiger charge is 2.26. The number of fused-ring (bicyclic) bond motifs is 1. The third-order valence-corrected chi connectivity index (χ3v) is 4.39. The second-order valence-corrected chi connectivity index (χ2v) is 6.11. The van der Waals surface area contributed by atoms with Gasteiger partial charge in [-0.15, -0.1) is 0 Å². The summed E-state index contributed by atoms with van der Waals surface area (Å²) in [6, 6.07) is 14.9. The van der Waals surface area contributed by atoms with E-state index in [1.807, 2.05) is 36.4 Å². The van der Waals surface area contributed by atoms with Crippen LogP contribution in [0.5, 0.6) is 0 Å². The molecule has 0 aliphatic carbocycles. The minimum Gasteiger partial charge on any atom is -0.445 e. The molecule has 132 valence electrons. The zero-order chi connectivity index (χ0) is 17.9. The minimum atomic E-state index is -0.383. The van der Waals surface area contributed by atoms with Crippen LogP contribution < -0.4 is 5.56 Å². The molecule has 4 rings (SSSR count). The summed E-state index contributed by atoms with van der Waals surface area (Å²) in [6.07, 6.45) is 1.74. The average Bonchev–Trinajstić information content (AvgIpc) is 3.03. The van der Waals surface area contributed by atoms with Crippen molar-refractivity contribution in [1.82, 2.24) is 19.7 Å². The van der Waals surface area contributed by atoms with E-state index in [-0.39, 0.29) is 18.3 Å². The molecule has 0 atom stereocenters. The lowest BCUT2D eigenvalue weighted by molar-refractivity contribution is 0.0913. The van der Waals surface area contributed by atoms with Gasteiger partial charge in [-0.05, 0) is 24.1 Å². The van der Waals surface area contributed by atoms with Crippen LogP contribution in [0.15, 0.2) is 59.5 Å². The molecule has 3 aromatic rings. The number of carbonyl (C=O) groups excluding carboxylic acids is 1. The molecule has 0 saturated heterocycles. The first kappa shape index (κ1) is 16.1. The number of nitrogens with one attached hydrogen (secondary N) is 1. The van der Waals surface area contributed by atoms with Crippen LogP contribution in [-0.4, -0.2) is 32.3 Å². The smallest absolute Gasteiger partial charge is 0.410 e. The van der Waals surface area contributed by atoms with Gasteiger partial charge in [0, 0.05) is 18.3 Å². The summed E-state index contributed by atoms with van der Waals surface area (Å²) < 4.78 is 6.80. The fourth-order valence-corrected chi connectivity index (χ4v) is 3.04. The number of aromatic amines is 1. The van der Waals surface area contributed by atoms with Crippen LogP contribution in [0.4, 0.5) is 4.79 Å². The molecule has 0 radical (unpaired) electrons. The van der Waals surface area contributed by atoms with E-state index in [1.54, 1.807) is 23.2 Å². The van der Waals surface area contributed by atoms with Crippen molar-refractivity contribution in [3.8, 4) is 5.82 Å². The van der Waals surface area contributed by atoms with Gasteiger partial charge in [0.25, 0.3) is 5.56 Å². The summed E-state index contributed by atoms with van der Waals surface area (Å²) in [5.74, 6) is 0.533. The van der Waals surface area contributed by atoms with Crippen LogP contribution in [0, 0.1) is 0 Å². The van der Waals surface area contributed by atoms with Crippen LogP contribution in [0.3, 0.4) is 0 Å². The van der Waals surface area contributed by atoms with Crippen molar-refractivity contribution in [3.05, 3.63) is 81.9 Å². The number of ether oxygens (including phenoxy) is 1. The molecule has 2 aromatic heterocycles. The molecule has 3 heterocycles. The van der Waals surface area contributed by atoms with Gasteiger partial charge in [-0.1, -0.05) is 36.4 Å². The van der Waals surface area contributed by atoms with Gasteiger partial charge >= 0.3 is 6.09 Å². The van der Waals surface area contributed by atoms with Gasteiger partial charge in [0.15, 0.2) is 5.82 Å². The Bertz CT molecular complexity index is 963. The number of hydrogen-bond acceptors (Lipinski definition) is 4. The lowest BCUT2D eigenvalue weighted by Crippen LogP contribution is -2.37. The van der Waals surface area contributed by atoms with Gasteiger partial charge in [0.05, 0.1) is 12.2 Å². The SMILES string of the molecule is O=C(OCc1ccccc1)N1CCc2c([nH]n(-c3ccccn3)c2=O)C1. The molecule has 0 bridgehead atoms. The number of hydrogen-bond donors (Lipinski definition) is 1. The molecular formula is C19H18N4O3. The van der Waals surface area contributed by atoms with Crippen molar-refractivity contribution in [3.63, 3.8) is 0 Å². The first-order chi connectivity index (χ1) is 12.7. The molecule has 0 saturated carbocycles. The van der Waals surface area contributed by atoms with E-state index in [9.17, 15) is 9.59 Å². The molecule has 0 spiro atoms. The molecular weight excluding hydrogens is 332 g/mol. The summed E-state index contributed by atoms with van der Waals surface area (Å²) >= 11 is 0. The highest BCUT2D eigenvalue weighted by molar-refractivity contribution is 5.68. The first-order valence-corrected chi connectivity index (χ1v) is 8.42. The van der Waals surface area contributed by atoms with Gasteiger partial charge in [-0.2, -0.15) is 0 Å². The fourth-order valence-electron chi connectivity index (χ4n) is 3.04. The van der Waals surface area contributed by atoms with Crippen LogP contribution in [-0.2, 0) is 24.3 Å². The predicted molar refractivity (Wildman–Crippen MR) is 94.9 cm³/mol. The quantitative estimate of drug-likeness (QED) is 0.786. The normalized spacial score (nSPS) is 13.3. The molecule has 7 heteroatoms. The van der Waals surface area contributed by atoms with Gasteiger partial charge in [-0.3, -0.25) is 9.89 Å². The summed E-state index contributed by atoms with van der Waals surface area (Å²) in [4.78, 5) is 30.7. The standard InChI is InChI=1S/C19H18N4O3/c24-18-15-9-11-22(19(25)26-13-14-6-2-1-3-7-14)12-16(15)21-23(18)17-8-4-5-10-20-17/h1-8,10,21H,9,11-13H2. The fraction of sp³-hybridized carbons (Fsp3) is 0.211. The largest absolute Gasteiger partial charge is 0.445 e. The third kappa shape index (κ3) is 3.11. The van der Waals surface area contributed by atoms with E-state index in [0.717, 1.165) is 11.3 Å². The Morgan fingerprint density at radius 1 is 1.15 bits per heavy atom. The van der Waals surface area contributed by atoms with E-state index in [4.69, 9.17) is 4.74 Å². The molecule has 0 fully saturated rings. The van der Waals surface area contributed by atoms with Crippen LogP contribution in [0.1, 0.15) is 16.8 Å². The number of aromatic nitrogens is 3. The van der Waals surface area contributed by atoms with Gasteiger partial charge < -0.3 is 9.64 Å². The average molecular weight is 350 g/mol. The highest BCUT2D eigenvalue weighted by atomic mass is 16.6. The number of amides is 1. The molecule has 1 aliphatic rings. The minimum absolute atomic E-state index is 0.115. The second kappa shape index (κ2) is 6.87. The molecule has 1 aliphatic heterocycles. The van der Waals surface area contributed by atoms with Gasteiger partial charge in [0.2, 0.25) is 0 Å². The third-order valence-electron chi connectivity index (χ3n) is 4.39. The monoisotopic (exact) mass is 350 g/mol.